The summed E-state index contributed by atoms with van der Waals surface area (Å²) in [6.45, 7) is 3.32. The molecule has 1 heterocycles. The molecular weight excluding hydrogens is 323 g/mol. The van der Waals surface area contributed by atoms with Crippen LogP contribution in [0.2, 0.25) is 5.02 Å². The maximum absolute atomic E-state index is 5.97. The summed E-state index contributed by atoms with van der Waals surface area (Å²) in [4.78, 5) is 2.47. The lowest BCUT2D eigenvalue weighted by Gasteiger charge is -2.16. The lowest BCUT2D eigenvalue weighted by molar-refractivity contribution is 0.322. The number of likely N-dealkylation sites (tertiary alicyclic amines) is 1. The Morgan fingerprint density at radius 3 is 2.88 bits per heavy atom. The molecule has 0 aromatic heterocycles. The standard InChI is InChI=1S/C12H16BrClN2.ClH/c1-15-10-4-5-16(8-10)7-9-2-3-12(14)11(13)6-9;/h2-3,6,10,15H,4-5,7-8H2,1H3;1H. The van der Waals surface area contributed by atoms with Gasteiger partial charge in [0.15, 0.2) is 0 Å². The van der Waals surface area contributed by atoms with Crippen LogP contribution in [0.25, 0.3) is 0 Å². The monoisotopic (exact) mass is 338 g/mol. The summed E-state index contributed by atoms with van der Waals surface area (Å²) < 4.78 is 0.982. The highest BCUT2D eigenvalue weighted by Crippen LogP contribution is 2.24. The maximum Gasteiger partial charge on any atom is 0.0548 e. The lowest BCUT2D eigenvalue weighted by Crippen LogP contribution is -2.29. The molecule has 17 heavy (non-hydrogen) atoms. The van der Waals surface area contributed by atoms with E-state index >= 15 is 0 Å². The molecule has 1 aromatic rings. The van der Waals surface area contributed by atoms with Crippen molar-refractivity contribution in [2.24, 2.45) is 0 Å². The second-order valence-corrected chi connectivity index (χ2v) is 5.52. The first-order valence-corrected chi connectivity index (χ1v) is 6.69. The zero-order valence-corrected chi connectivity index (χ0v) is 12.9. The molecule has 1 aromatic carbocycles. The summed E-state index contributed by atoms with van der Waals surface area (Å²) >= 11 is 9.43. The van der Waals surface area contributed by atoms with Crippen molar-refractivity contribution < 1.29 is 0 Å². The fourth-order valence-electron chi connectivity index (χ4n) is 2.11. The van der Waals surface area contributed by atoms with E-state index in [0.29, 0.717) is 6.04 Å². The van der Waals surface area contributed by atoms with E-state index in [4.69, 9.17) is 11.6 Å². The smallest absolute Gasteiger partial charge is 0.0548 e. The fourth-order valence-corrected chi connectivity index (χ4v) is 2.65. The molecule has 1 saturated heterocycles. The maximum atomic E-state index is 5.97. The van der Waals surface area contributed by atoms with Crippen molar-refractivity contribution in [3.8, 4) is 0 Å². The number of likely N-dealkylation sites (N-methyl/N-ethyl adjacent to an activating group) is 1. The number of hydrogen-bond acceptors (Lipinski definition) is 2. The van der Waals surface area contributed by atoms with Crippen LogP contribution in [0.5, 0.6) is 0 Å². The second-order valence-electron chi connectivity index (χ2n) is 4.26. The zero-order chi connectivity index (χ0) is 11.5. The van der Waals surface area contributed by atoms with Crippen molar-refractivity contribution in [2.75, 3.05) is 20.1 Å². The summed E-state index contributed by atoms with van der Waals surface area (Å²) in [6.07, 6.45) is 1.24. The molecule has 0 amide bonds. The summed E-state index contributed by atoms with van der Waals surface area (Å²) in [7, 11) is 2.03. The lowest BCUT2D eigenvalue weighted by atomic mass is 10.2. The van der Waals surface area contributed by atoms with Gasteiger partial charge in [0.25, 0.3) is 0 Å². The molecule has 0 radical (unpaired) electrons. The average Bonchev–Trinajstić information content (AvgIpc) is 2.71. The van der Waals surface area contributed by atoms with Crippen LogP contribution in [0.3, 0.4) is 0 Å². The summed E-state index contributed by atoms with van der Waals surface area (Å²) in [6, 6.07) is 6.80. The molecule has 0 saturated carbocycles. The van der Waals surface area contributed by atoms with E-state index in [1.54, 1.807) is 0 Å². The number of hydrogen-bond donors (Lipinski definition) is 1. The van der Waals surface area contributed by atoms with Crippen molar-refractivity contribution in [2.45, 2.75) is 19.0 Å². The molecule has 1 fully saturated rings. The average molecular weight is 340 g/mol. The molecule has 1 aliphatic heterocycles. The molecule has 5 heteroatoms. The quantitative estimate of drug-likeness (QED) is 0.908. The molecule has 2 rings (SSSR count). The first-order valence-electron chi connectivity index (χ1n) is 5.52. The predicted octanol–water partition coefficient (Wildman–Crippen LogP) is 3.32. The number of halogens is 3. The predicted molar refractivity (Wildman–Crippen MR) is 79.1 cm³/mol. The van der Waals surface area contributed by atoms with Gasteiger partial charge in [-0.3, -0.25) is 4.90 Å². The van der Waals surface area contributed by atoms with Gasteiger partial charge in [0, 0.05) is 30.1 Å². The molecular formula is C12H17BrCl2N2. The fraction of sp³-hybridized carbons (Fsp3) is 0.500. The van der Waals surface area contributed by atoms with E-state index in [9.17, 15) is 0 Å². The Balaban J connectivity index is 0.00000144. The second kappa shape index (κ2) is 6.95. The van der Waals surface area contributed by atoms with Crippen LogP contribution in [-0.2, 0) is 6.54 Å². The van der Waals surface area contributed by atoms with Gasteiger partial charge in [-0.2, -0.15) is 0 Å². The third kappa shape index (κ3) is 4.11. The van der Waals surface area contributed by atoms with Crippen LogP contribution in [0.15, 0.2) is 22.7 Å². The van der Waals surface area contributed by atoms with Crippen molar-refractivity contribution in [3.63, 3.8) is 0 Å². The van der Waals surface area contributed by atoms with Gasteiger partial charge in [0.05, 0.1) is 5.02 Å². The summed E-state index contributed by atoms with van der Waals surface area (Å²) in [5.74, 6) is 0. The molecule has 0 bridgehead atoms. The van der Waals surface area contributed by atoms with Crippen molar-refractivity contribution in [1.82, 2.24) is 10.2 Å². The molecule has 2 nitrogen and oxygen atoms in total. The van der Waals surface area contributed by atoms with Gasteiger partial charge in [-0.05, 0) is 47.1 Å². The Kier molecular flexibility index (Phi) is 6.24. The summed E-state index contributed by atoms with van der Waals surface area (Å²) in [5, 5.41) is 4.10. The van der Waals surface area contributed by atoms with E-state index < -0.39 is 0 Å². The van der Waals surface area contributed by atoms with E-state index in [0.717, 1.165) is 22.6 Å². The van der Waals surface area contributed by atoms with Gasteiger partial charge in [-0.25, -0.2) is 0 Å². The Morgan fingerprint density at radius 1 is 1.53 bits per heavy atom. The minimum Gasteiger partial charge on any atom is -0.316 e. The first-order chi connectivity index (χ1) is 7.69. The normalized spacial score (nSPS) is 20.3. The minimum absolute atomic E-state index is 0. The van der Waals surface area contributed by atoms with Crippen LogP contribution in [-0.4, -0.2) is 31.1 Å². The van der Waals surface area contributed by atoms with Gasteiger partial charge >= 0.3 is 0 Å². The number of nitrogens with one attached hydrogen (secondary N) is 1. The molecule has 1 aliphatic rings. The molecule has 0 spiro atoms. The zero-order valence-electron chi connectivity index (χ0n) is 9.75. The van der Waals surface area contributed by atoms with E-state index in [1.807, 2.05) is 13.1 Å². The molecule has 1 unspecified atom stereocenters. The van der Waals surface area contributed by atoms with Crippen LogP contribution in [0.4, 0.5) is 0 Å². The van der Waals surface area contributed by atoms with E-state index in [2.05, 4.69) is 38.3 Å². The van der Waals surface area contributed by atoms with E-state index in [-0.39, 0.29) is 12.4 Å². The Morgan fingerprint density at radius 2 is 2.29 bits per heavy atom. The Bertz CT molecular complexity index is 374. The van der Waals surface area contributed by atoms with E-state index in [1.165, 1.54) is 18.5 Å². The minimum atomic E-state index is 0. The highest BCUT2D eigenvalue weighted by Gasteiger charge is 2.20. The topological polar surface area (TPSA) is 15.3 Å². The SMILES string of the molecule is CNC1CCN(Cc2ccc(Cl)c(Br)c2)C1.Cl. The molecule has 96 valence electrons. The third-order valence-corrected chi connectivity index (χ3v) is 4.28. The highest BCUT2D eigenvalue weighted by molar-refractivity contribution is 9.10. The largest absolute Gasteiger partial charge is 0.316 e. The van der Waals surface area contributed by atoms with Gasteiger partial charge in [0.1, 0.15) is 0 Å². The van der Waals surface area contributed by atoms with Crippen molar-refractivity contribution in [1.29, 1.82) is 0 Å². The molecule has 1 N–H and O–H groups in total. The number of nitrogens with zero attached hydrogens (tertiary/aromatic N) is 1. The molecule has 0 aliphatic carbocycles. The highest BCUT2D eigenvalue weighted by atomic mass is 79.9. The van der Waals surface area contributed by atoms with Gasteiger partial charge in [-0.1, -0.05) is 17.7 Å². The van der Waals surface area contributed by atoms with Crippen LogP contribution in [0.1, 0.15) is 12.0 Å². The Hall–Kier alpha value is 0.200. The third-order valence-electron chi connectivity index (χ3n) is 3.07. The van der Waals surface area contributed by atoms with Crippen LogP contribution in [0, 0.1) is 0 Å². The number of benzene rings is 1. The van der Waals surface area contributed by atoms with Gasteiger partial charge in [-0.15, -0.1) is 12.4 Å². The number of rotatable bonds is 3. The first kappa shape index (κ1) is 15.3. The van der Waals surface area contributed by atoms with Gasteiger partial charge in [0.2, 0.25) is 0 Å². The van der Waals surface area contributed by atoms with Crippen LogP contribution >= 0.6 is 39.9 Å². The summed E-state index contributed by atoms with van der Waals surface area (Å²) in [5.41, 5.74) is 1.31. The van der Waals surface area contributed by atoms with Crippen LogP contribution < -0.4 is 5.32 Å². The van der Waals surface area contributed by atoms with Gasteiger partial charge < -0.3 is 5.32 Å². The van der Waals surface area contributed by atoms with Crippen molar-refractivity contribution >= 4 is 39.9 Å². The van der Waals surface area contributed by atoms with Crippen molar-refractivity contribution in [3.05, 3.63) is 33.3 Å². The molecule has 1 atom stereocenters. The Labute approximate surface area is 122 Å².